The van der Waals surface area contributed by atoms with Gasteiger partial charge in [-0.15, -0.1) is 11.3 Å². The fourth-order valence-corrected chi connectivity index (χ4v) is 2.18. The van der Waals surface area contributed by atoms with Crippen LogP contribution in [0, 0.1) is 5.92 Å². The molecule has 1 aromatic rings. The van der Waals surface area contributed by atoms with Crippen LogP contribution in [-0.2, 0) is 4.79 Å². The molecule has 2 rings (SSSR count). The molecule has 4 heteroatoms. The Morgan fingerprint density at radius 3 is 3.00 bits per heavy atom. The Kier molecular flexibility index (Phi) is 2.56. The van der Waals surface area contributed by atoms with Crippen molar-refractivity contribution in [1.82, 2.24) is 5.32 Å². The van der Waals surface area contributed by atoms with E-state index >= 15 is 0 Å². The van der Waals surface area contributed by atoms with E-state index in [2.05, 4.69) is 5.32 Å². The van der Waals surface area contributed by atoms with Crippen LogP contribution in [0.4, 0.5) is 0 Å². The predicted octanol–water partition coefficient (Wildman–Crippen LogP) is 1.27. The summed E-state index contributed by atoms with van der Waals surface area (Å²) in [5.41, 5.74) is 5.60. The minimum atomic E-state index is 0.0532. The molecule has 14 heavy (non-hydrogen) atoms. The van der Waals surface area contributed by atoms with Gasteiger partial charge in [0.15, 0.2) is 0 Å². The average Bonchev–Trinajstić information content (AvgIpc) is 2.70. The molecule has 0 saturated heterocycles. The van der Waals surface area contributed by atoms with Crippen molar-refractivity contribution < 1.29 is 4.79 Å². The average molecular weight is 210 g/mol. The highest BCUT2D eigenvalue weighted by molar-refractivity contribution is 7.10. The summed E-state index contributed by atoms with van der Waals surface area (Å²) in [6.07, 6.45) is 0.836. The second-order valence-electron chi connectivity index (χ2n) is 3.75. The Balaban J connectivity index is 1.88. The smallest absolute Gasteiger partial charge is 0.225 e. The largest absolute Gasteiger partial charge is 0.348 e. The summed E-state index contributed by atoms with van der Waals surface area (Å²) in [6, 6.07) is 4.22. The van der Waals surface area contributed by atoms with Crippen molar-refractivity contribution in [2.45, 2.75) is 25.4 Å². The number of carbonyl (C=O) groups excluding carboxylic acids is 1. The molecule has 1 heterocycles. The van der Waals surface area contributed by atoms with E-state index in [0.29, 0.717) is 0 Å². The van der Waals surface area contributed by atoms with Gasteiger partial charge in [0.05, 0.1) is 12.0 Å². The van der Waals surface area contributed by atoms with Gasteiger partial charge in [-0.25, -0.2) is 0 Å². The van der Waals surface area contributed by atoms with Crippen molar-refractivity contribution >= 4 is 17.2 Å². The van der Waals surface area contributed by atoms with Crippen LogP contribution >= 0.6 is 11.3 Å². The molecular weight excluding hydrogens is 196 g/mol. The van der Waals surface area contributed by atoms with Gasteiger partial charge < -0.3 is 11.1 Å². The lowest BCUT2D eigenvalue weighted by molar-refractivity contribution is -0.123. The highest BCUT2D eigenvalue weighted by atomic mass is 32.1. The molecule has 3 atom stereocenters. The zero-order valence-corrected chi connectivity index (χ0v) is 8.88. The van der Waals surface area contributed by atoms with Gasteiger partial charge in [-0.05, 0) is 24.8 Å². The monoisotopic (exact) mass is 210 g/mol. The quantitative estimate of drug-likeness (QED) is 0.789. The lowest BCUT2D eigenvalue weighted by Crippen LogP contribution is -2.29. The number of thiophene rings is 1. The minimum absolute atomic E-state index is 0.0532. The first-order chi connectivity index (χ1) is 6.68. The minimum Gasteiger partial charge on any atom is -0.348 e. The third-order valence-corrected chi connectivity index (χ3v) is 3.56. The van der Waals surface area contributed by atoms with Gasteiger partial charge in [0.25, 0.3) is 0 Å². The van der Waals surface area contributed by atoms with E-state index in [9.17, 15) is 4.79 Å². The van der Waals surface area contributed by atoms with Gasteiger partial charge in [-0.2, -0.15) is 0 Å². The molecule has 0 aliphatic heterocycles. The van der Waals surface area contributed by atoms with Crippen molar-refractivity contribution in [1.29, 1.82) is 0 Å². The molecule has 1 aromatic heterocycles. The summed E-state index contributed by atoms with van der Waals surface area (Å²) in [4.78, 5) is 12.7. The third kappa shape index (κ3) is 1.96. The summed E-state index contributed by atoms with van der Waals surface area (Å²) in [6.45, 7) is 2.00. The fraction of sp³-hybridized carbons (Fsp3) is 0.500. The maximum Gasteiger partial charge on any atom is 0.225 e. The van der Waals surface area contributed by atoms with E-state index in [1.165, 1.54) is 4.88 Å². The van der Waals surface area contributed by atoms with Gasteiger partial charge in [-0.3, -0.25) is 4.79 Å². The fourth-order valence-electron chi connectivity index (χ4n) is 1.45. The van der Waals surface area contributed by atoms with E-state index in [1.807, 2.05) is 24.4 Å². The van der Waals surface area contributed by atoms with Crippen LogP contribution < -0.4 is 11.1 Å². The number of carbonyl (C=O) groups is 1. The number of amides is 1. The Morgan fingerprint density at radius 1 is 1.79 bits per heavy atom. The Bertz CT molecular complexity index is 323. The normalized spacial score (nSPS) is 27.0. The maximum atomic E-state index is 11.5. The first-order valence-corrected chi connectivity index (χ1v) is 5.66. The lowest BCUT2D eigenvalue weighted by Gasteiger charge is -2.11. The summed E-state index contributed by atoms with van der Waals surface area (Å²) < 4.78 is 0. The van der Waals surface area contributed by atoms with Crippen LogP contribution in [-0.4, -0.2) is 11.9 Å². The topological polar surface area (TPSA) is 55.1 Å². The number of hydrogen-bond acceptors (Lipinski definition) is 3. The summed E-state index contributed by atoms with van der Waals surface area (Å²) in [5.74, 6) is 0.149. The molecule has 1 aliphatic carbocycles. The van der Waals surface area contributed by atoms with Gasteiger partial charge >= 0.3 is 0 Å². The molecular formula is C10H14N2OS. The summed E-state index contributed by atoms with van der Waals surface area (Å²) in [7, 11) is 0. The zero-order valence-electron chi connectivity index (χ0n) is 8.07. The highest BCUT2D eigenvalue weighted by Gasteiger charge is 2.40. The molecule has 0 aromatic carbocycles. The molecule has 1 amide bonds. The van der Waals surface area contributed by atoms with E-state index in [0.717, 1.165) is 6.42 Å². The van der Waals surface area contributed by atoms with Gasteiger partial charge in [-0.1, -0.05) is 6.07 Å². The summed E-state index contributed by atoms with van der Waals surface area (Å²) >= 11 is 1.66. The van der Waals surface area contributed by atoms with Crippen LogP contribution in [0.5, 0.6) is 0 Å². The first-order valence-electron chi connectivity index (χ1n) is 4.78. The van der Waals surface area contributed by atoms with Crippen molar-refractivity contribution in [2.24, 2.45) is 11.7 Å². The lowest BCUT2D eigenvalue weighted by atomic mass is 10.2. The predicted molar refractivity (Wildman–Crippen MR) is 57.0 cm³/mol. The standard InChI is InChI=1S/C10H14N2OS/c1-6(9-3-2-4-14-9)12-10(13)7-5-8(7)11/h2-4,6-8H,5,11H2,1H3,(H,12,13). The number of nitrogens with two attached hydrogens (primary N) is 1. The maximum absolute atomic E-state index is 11.5. The van der Waals surface area contributed by atoms with Gasteiger partial charge in [0, 0.05) is 10.9 Å². The Hall–Kier alpha value is -0.870. The zero-order chi connectivity index (χ0) is 10.1. The van der Waals surface area contributed by atoms with E-state index < -0.39 is 0 Å². The Morgan fingerprint density at radius 2 is 2.50 bits per heavy atom. The molecule has 0 bridgehead atoms. The highest BCUT2D eigenvalue weighted by Crippen LogP contribution is 2.29. The van der Waals surface area contributed by atoms with Crippen molar-refractivity contribution in [3.63, 3.8) is 0 Å². The van der Waals surface area contributed by atoms with Crippen LogP contribution in [0.3, 0.4) is 0 Å². The van der Waals surface area contributed by atoms with E-state index in [4.69, 9.17) is 5.73 Å². The van der Waals surface area contributed by atoms with Crippen LogP contribution in [0.1, 0.15) is 24.3 Å². The van der Waals surface area contributed by atoms with Crippen molar-refractivity contribution in [2.75, 3.05) is 0 Å². The molecule has 3 nitrogen and oxygen atoms in total. The van der Waals surface area contributed by atoms with Crippen LogP contribution in [0.2, 0.25) is 0 Å². The summed E-state index contributed by atoms with van der Waals surface area (Å²) in [5, 5.41) is 4.98. The number of rotatable bonds is 3. The second-order valence-corrected chi connectivity index (χ2v) is 4.73. The number of nitrogens with one attached hydrogen (secondary N) is 1. The van der Waals surface area contributed by atoms with E-state index in [1.54, 1.807) is 11.3 Å². The van der Waals surface area contributed by atoms with Crippen LogP contribution in [0.25, 0.3) is 0 Å². The molecule has 1 saturated carbocycles. The molecule has 3 N–H and O–H groups in total. The molecule has 0 spiro atoms. The molecule has 3 unspecified atom stereocenters. The Labute approximate surface area is 87.3 Å². The van der Waals surface area contributed by atoms with Crippen molar-refractivity contribution in [3.8, 4) is 0 Å². The van der Waals surface area contributed by atoms with Gasteiger partial charge in [0.1, 0.15) is 0 Å². The third-order valence-electron chi connectivity index (χ3n) is 2.51. The van der Waals surface area contributed by atoms with E-state index in [-0.39, 0.29) is 23.9 Å². The molecule has 0 radical (unpaired) electrons. The van der Waals surface area contributed by atoms with Crippen molar-refractivity contribution in [3.05, 3.63) is 22.4 Å². The molecule has 1 aliphatic rings. The van der Waals surface area contributed by atoms with Crippen LogP contribution in [0.15, 0.2) is 17.5 Å². The SMILES string of the molecule is CC(NC(=O)C1CC1N)c1cccs1. The molecule has 76 valence electrons. The molecule has 1 fully saturated rings. The second kappa shape index (κ2) is 3.71. The number of hydrogen-bond donors (Lipinski definition) is 2. The first kappa shape index (κ1) is 9.68. The van der Waals surface area contributed by atoms with Gasteiger partial charge in [0.2, 0.25) is 5.91 Å².